The Kier molecular flexibility index (Phi) is 12.0. The van der Waals surface area contributed by atoms with Crippen LogP contribution in [-0.4, -0.2) is 0 Å². The summed E-state index contributed by atoms with van der Waals surface area (Å²) in [6.45, 7) is 6.93. The van der Waals surface area contributed by atoms with Gasteiger partial charge in [0.2, 0.25) is 0 Å². The lowest BCUT2D eigenvalue weighted by Crippen LogP contribution is -1.96. The van der Waals surface area contributed by atoms with Gasteiger partial charge >= 0.3 is 0 Å². The summed E-state index contributed by atoms with van der Waals surface area (Å²) in [4.78, 5) is 0. The lowest BCUT2D eigenvalue weighted by molar-refractivity contribution is 0.528. The zero-order valence-electron chi connectivity index (χ0n) is 16.1. The molecule has 0 heterocycles. The lowest BCUT2D eigenvalue weighted by atomic mass is 9.91. The second-order valence-corrected chi connectivity index (χ2v) is 7.44. The maximum atomic E-state index is 2.39. The summed E-state index contributed by atoms with van der Waals surface area (Å²) in [5.74, 6) is 0.722. The molecule has 1 unspecified atom stereocenters. The first-order chi connectivity index (χ1) is 11.3. The highest BCUT2D eigenvalue weighted by atomic mass is 14.1. The second kappa shape index (κ2) is 13.6. The smallest absolute Gasteiger partial charge is 0.0188 e. The van der Waals surface area contributed by atoms with Gasteiger partial charge in [0.25, 0.3) is 0 Å². The van der Waals surface area contributed by atoms with Crippen molar-refractivity contribution in [3.05, 3.63) is 35.4 Å². The number of hydrogen-bond acceptors (Lipinski definition) is 0. The van der Waals surface area contributed by atoms with Crippen LogP contribution in [0.5, 0.6) is 0 Å². The van der Waals surface area contributed by atoms with E-state index in [-0.39, 0.29) is 0 Å². The fourth-order valence-corrected chi connectivity index (χ4v) is 3.59. The molecule has 1 atom stereocenters. The molecule has 1 aromatic carbocycles. The van der Waals surface area contributed by atoms with Crippen LogP contribution in [0.4, 0.5) is 0 Å². The van der Waals surface area contributed by atoms with Gasteiger partial charge in [0, 0.05) is 0 Å². The normalized spacial score (nSPS) is 12.5. The van der Waals surface area contributed by atoms with Gasteiger partial charge in [-0.05, 0) is 30.4 Å². The first-order valence-corrected chi connectivity index (χ1v) is 10.3. The Morgan fingerprint density at radius 1 is 0.696 bits per heavy atom. The van der Waals surface area contributed by atoms with E-state index < -0.39 is 0 Å². The van der Waals surface area contributed by atoms with Gasteiger partial charge < -0.3 is 0 Å². The van der Waals surface area contributed by atoms with E-state index >= 15 is 0 Å². The number of aryl methyl sites for hydroxylation is 1. The van der Waals surface area contributed by atoms with Crippen LogP contribution in [0.2, 0.25) is 0 Å². The molecule has 0 saturated carbocycles. The van der Waals surface area contributed by atoms with E-state index in [4.69, 9.17) is 0 Å². The molecule has 0 spiro atoms. The average Bonchev–Trinajstić information content (AvgIpc) is 2.56. The molecule has 0 aliphatic carbocycles. The van der Waals surface area contributed by atoms with E-state index in [1.165, 1.54) is 89.0 Å². The van der Waals surface area contributed by atoms with Crippen LogP contribution in [0.3, 0.4) is 0 Å². The van der Waals surface area contributed by atoms with Crippen LogP contribution < -0.4 is 0 Å². The van der Waals surface area contributed by atoms with Crippen LogP contribution in [0, 0.1) is 6.92 Å². The summed E-state index contributed by atoms with van der Waals surface area (Å²) in [5, 5.41) is 0. The Morgan fingerprint density at radius 2 is 1.17 bits per heavy atom. The summed E-state index contributed by atoms with van der Waals surface area (Å²) >= 11 is 0. The average molecular weight is 317 g/mol. The molecule has 23 heavy (non-hydrogen) atoms. The van der Waals surface area contributed by atoms with Gasteiger partial charge in [-0.3, -0.25) is 0 Å². The quantitative estimate of drug-likeness (QED) is 0.303. The Morgan fingerprint density at radius 3 is 1.70 bits per heavy atom. The molecule has 0 N–H and O–H groups in total. The summed E-state index contributed by atoms with van der Waals surface area (Å²) in [7, 11) is 0. The van der Waals surface area contributed by atoms with Crippen molar-refractivity contribution in [2.45, 2.75) is 110 Å². The minimum absolute atomic E-state index is 0.722. The Labute approximate surface area is 146 Å². The Hall–Kier alpha value is -0.780. The van der Waals surface area contributed by atoms with Crippen molar-refractivity contribution in [3.63, 3.8) is 0 Å². The molecule has 0 aliphatic heterocycles. The van der Waals surface area contributed by atoms with Gasteiger partial charge in [0.05, 0.1) is 0 Å². The van der Waals surface area contributed by atoms with Crippen LogP contribution in [0.1, 0.15) is 114 Å². The predicted octanol–water partition coefficient (Wildman–Crippen LogP) is 8.19. The van der Waals surface area contributed by atoms with Gasteiger partial charge in [0.1, 0.15) is 0 Å². The molecule has 0 heteroatoms. The van der Waals surface area contributed by atoms with Crippen LogP contribution in [0.25, 0.3) is 0 Å². The highest BCUT2D eigenvalue weighted by Crippen LogP contribution is 2.24. The molecule has 0 saturated heterocycles. The molecule has 0 nitrogen and oxygen atoms in total. The summed E-state index contributed by atoms with van der Waals surface area (Å²) in [5.41, 5.74) is 3.01. The van der Waals surface area contributed by atoms with E-state index in [0.717, 1.165) is 5.92 Å². The summed E-state index contributed by atoms with van der Waals surface area (Å²) < 4.78 is 0. The SMILES string of the molecule is CCCCCCCCCCCCCCC(C)c1ccccc1C. The van der Waals surface area contributed by atoms with E-state index in [9.17, 15) is 0 Å². The molecule has 1 rings (SSSR count). The van der Waals surface area contributed by atoms with Crippen molar-refractivity contribution in [2.75, 3.05) is 0 Å². The minimum atomic E-state index is 0.722. The summed E-state index contributed by atoms with van der Waals surface area (Å²) in [6.07, 6.45) is 18.6. The Bertz CT molecular complexity index is 379. The molecule has 0 aromatic heterocycles. The van der Waals surface area contributed by atoms with Crippen molar-refractivity contribution in [1.82, 2.24) is 0 Å². The predicted molar refractivity (Wildman–Crippen MR) is 105 cm³/mol. The van der Waals surface area contributed by atoms with Gasteiger partial charge in [0.15, 0.2) is 0 Å². The lowest BCUT2D eigenvalue weighted by Gasteiger charge is -2.14. The molecule has 0 radical (unpaired) electrons. The highest BCUT2D eigenvalue weighted by molar-refractivity contribution is 5.28. The highest BCUT2D eigenvalue weighted by Gasteiger charge is 2.07. The zero-order chi connectivity index (χ0) is 16.8. The fraction of sp³-hybridized carbons (Fsp3) is 0.739. The molecule has 0 aliphatic rings. The number of rotatable bonds is 14. The number of unbranched alkanes of at least 4 members (excludes halogenated alkanes) is 11. The van der Waals surface area contributed by atoms with Crippen LogP contribution in [0.15, 0.2) is 24.3 Å². The minimum Gasteiger partial charge on any atom is -0.0654 e. The van der Waals surface area contributed by atoms with E-state index in [0.29, 0.717) is 0 Å². The molecule has 0 amide bonds. The number of benzene rings is 1. The van der Waals surface area contributed by atoms with Crippen LogP contribution in [-0.2, 0) is 0 Å². The fourth-order valence-electron chi connectivity index (χ4n) is 3.59. The van der Waals surface area contributed by atoms with Crippen molar-refractivity contribution >= 4 is 0 Å². The van der Waals surface area contributed by atoms with Gasteiger partial charge in [-0.25, -0.2) is 0 Å². The van der Waals surface area contributed by atoms with Crippen LogP contribution >= 0.6 is 0 Å². The molecule has 132 valence electrons. The molecule has 0 fully saturated rings. The maximum Gasteiger partial charge on any atom is -0.0188 e. The third kappa shape index (κ3) is 9.84. The number of hydrogen-bond donors (Lipinski definition) is 0. The molecule has 1 aromatic rings. The first kappa shape index (κ1) is 20.3. The third-order valence-electron chi connectivity index (χ3n) is 5.21. The van der Waals surface area contributed by atoms with E-state index in [2.05, 4.69) is 45.0 Å². The van der Waals surface area contributed by atoms with Gasteiger partial charge in [-0.15, -0.1) is 0 Å². The van der Waals surface area contributed by atoms with Crippen molar-refractivity contribution in [2.24, 2.45) is 0 Å². The third-order valence-corrected chi connectivity index (χ3v) is 5.21. The van der Waals surface area contributed by atoms with Crippen molar-refractivity contribution in [3.8, 4) is 0 Å². The van der Waals surface area contributed by atoms with E-state index in [1.54, 1.807) is 5.56 Å². The van der Waals surface area contributed by atoms with Gasteiger partial charge in [-0.2, -0.15) is 0 Å². The molecular formula is C23H40. The van der Waals surface area contributed by atoms with Crippen molar-refractivity contribution in [1.29, 1.82) is 0 Å². The van der Waals surface area contributed by atoms with Crippen molar-refractivity contribution < 1.29 is 0 Å². The first-order valence-electron chi connectivity index (χ1n) is 10.3. The topological polar surface area (TPSA) is 0 Å². The zero-order valence-corrected chi connectivity index (χ0v) is 16.1. The molecular weight excluding hydrogens is 276 g/mol. The second-order valence-electron chi connectivity index (χ2n) is 7.44. The molecule has 0 bridgehead atoms. The largest absolute Gasteiger partial charge is 0.0654 e. The van der Waals surface area contributed by atoms with E-state index in [1.807, 2.05) is 0 Å². The Balaban J connectivity index is 1.91. The monoisotopic (exact) mass is 316 g/mol. The van der Waals surface area contributed by atoms with Gasteiger partial charge in [-0.1, -0.05) is 115 Å². The standard InChI is InChI=1S/C23H40/c1-4-5-6-7-8-9-10-11-12-13-14-15-18-21(2)23-20-17-16-19-22(23)3/h16-17,19-21H,4-15,18H2,1-3H3. The maximum absolute atomic E-state index is 2.39. The summed E-state index contributed by atoms with van der Waals surface area (Å²) in [6, 6.07) is 8.88.